The molecule has 1 amide bonds. The average molecular weight is 436 g/mol. The third kappa shape index (κ3) is 4.07. The molecule has 0 atom stereocenters. The zero-order chi connectivity index (χ0) is 22.5. The van der Waals surface area contributed by atoms with E-state index in [2.05, 4.69) is 29.1 Å². The molecule has 6 rings (SSSR count). The highest BCUT2D eigenvalue weighted by Gasteiger charge is 2.50. The molecule has 1 aromatic heterocycles. The van der Waals surface area contributed by atoms with Crippen LogP contribution in [0.4, 0.5) is 5.69 Å². The molecule has 4 aliphatic carbocycles. The van der Waals surface area contributed by atoms with Crippen LogP contribution in [-0.4, -0.2) is 27.0 Å². The van der Waals surface area contributed by atoms with Crippen molar-refractivity contribution in [1.29, 1.82) is 0 Å². The molecule has 1 aromatic carbocycles. The quantitative estimate of drug-likeness (QED) is 0.525. The number of aromatic amines is 1. The van der Waals surface area contributed by atoms with Gasteiger partial charge in [-0.05, 0) is 92.7 Å². The number of anilines is 1. The first-order chi connectivity index (χ1) is 15.3. The van der Waals surface area contributed by atoms with Crippen LogP contribution >= 0.6 is 0 Å². The molecule has 1 heterocycles. The Hall–Kier alpha value is -2.63. The van der Waals surface area contributed by atoms with Gasteiger partial charge >= 0.3 is 5.97 Å². The molecule has 32 heavy (non-hydrogen) atoms. The van der Waals surface area contributed by atoms with E-state index in [0.29, 0.717) is 16.8 Å². The highest BCUT2D eigenvalue weighted by Crippen LogP contribution is 2.61. The van der Waals surface area contributed by atoms with Crippen molar-refractivity contribution in [2.24, 2.45) is 23.2 Å². The summed E-state index contributed by atoms with van der Waals surface area (Å²) in [5.74, 6) is 2.48. The minimum atomic E-state index is -1.01. The minimum absolute atomic E-state index is 0.148. The Kier molecular flexibility index (Phi) is 5.34. The Balaban J connectivity index is 1.35. The third-order valence-electron chi connectivity index (χ3n) is 8.00. The van der Waals surface area contributed by atoms with Crippen molar-refractivity contribution in [3.05, 3.63) is 47.0 Å². The fourth-order valence-electron chi connectivity index (χ4n) is 6.98. The maximum Gasteiger partial charge on any atom is 0.335 e. The van der Waals surface area contributed by atoms with Crippen LogP contribution < -0.4 is 5.32 Å². The number of nitrogens with zero attached hydrogens (tertiary/aromatic N) is 1. The number of aromatic carboxylic acids is 1. The van der Waals surface area contributed by atoms with E-state index in [9.17, 15) is 14.7 Å². The predicted octanol–water partition coefficient (Wildman–Crippen LogP) is 5.63. The SMILES string of the molecule is CC(C)c1nc(C(=O)Nc2cccc(C(=O)O)c2)c(CCC23CC4CC(CC(C4)C2)C3)[nH]1. The second-order valence-corrected chi connectivity index (χ2v) is 10.9. The number of hydrogen-bond donors (Lipinski definition) is 3. The first-order valence-corrected chi connectivity index (χ1v) is 12.0. The standard InChI is InChI=1S/C26H33N3O3/c1-15(2)23-28-21(6-7-26-12-16-8-17(13-26)10-18(9-16)14-26)22(29-23)24(30)27-20-5-3-4-19(11-20)25(31)32/h3-5,11,15-18H,6-10,12-14H2,1-2H3,(H,27,30)(H,28,29)(H,31,32). The lowest BCUT2D eigenvalue weighted by Gasteiger charge is -2.57. The van der Waals surface area contributed by atoms with Crippen LogP contribution in [0.5, 0.6) is 0 Å². The smallest absolute Gasteiger partial charge is 0.335 e. The number of carbonyl (C=O) groups excluding carboxylic acids is 1. The molecule has 4 aliphatic rings. The lowest BCUT2D eigenvalue weighted by atomic mass is 9.48. The molecular weight excluding hydrogens is 402 g/mol. The van der Waals surface area contributed by atoms with E-state index >= 15 is 0 Å². The molecule has 170 valence electrons. The third-order valence-corrected chi connectivity index (χ3v) is 8.00. The largest absolute Gasteiger partial charge is 0.478 e. The fraction of sp³-hybridized carbons (Fsp3) is 0.577. The van der Waals surface area contributed by atoms with Gasteiger partial charge in [-0.3, -0.25) is 4.79 Å². The molecule has 0 spiro atoms. The summed E-state index contributed by atoms with van der Waals surface area (Å²) >= 11 is 0. The second-order valence-electron chi connectivity index (χ2n) is 10.9. The molecule has 4 fully saturated rings. The highest BCUT2D eigenvalue weighted by atomic mass is 16.4. The first-order valence-electron chi connectivity index (χ1n) is 12.0. The van der Waals surface area contributed by atoms with Gasteiger partial charge in [0.05, 0.1) is 5.56 Å². The summed E-state index contributed by atoms with van der Waals surface area (Å²) in [6.45, 7) is 4.14. The number of nitrogens with one attached hydrogen (secondary N) is 2. The van der Waals surface area contributed by atoms with Gasteiger partial charge in [0.25, 0.3) is 5.91 Å². The lowest BCUT2D eigenvalue weighted by molar-refractivity contribution is -0.0570. The van der Waals surface area contributed by atoms with Crippen molar-refractivity contribution < 1.29 is 14.7 Å². The number of carboxylic acids is 1. The topological polar surface area (TPSA) is 95.1 Å². The van der Waals surface area contributed by atoms with Gasteiger partial charge in [-0.1, -0.05) is 19.9 Å². The van der Waals surface area contributed by atoms with Crippen LogP contribution in [0.2, 0.25) is 0 Å². The molecule has 4 saturated carbocycles. The predicted molar refractivity (Wildman–Crippen MR) is 123 cm³/mol. The van der Waals surface area contributed by atoms with E-state index in [4.69, 9.17) is 0 Å². The number of rotatable bonds is 7. The number of H-pyrrole nitrogens is 1. The lowest BCUT2D eigenvalue weighted by Crippen LogP contribution is -2.46. The summed E-state index contributed by atoms with van der Waals surface area (Å²) in [6.07, 6.45) is 10.3. The molecule has 2 aromatic rings. The van der Waals surface area contributed by atoms with Crippen LogP contribution in [-0.2, 0) is 6.42 Å². The summed E-state index contributed by atoms with van der Waals surface area (Å²) in [7, 11) is 0. The number of aromatic nitrogens is 2. The van der Waals surface area contributed by atoms with Crippen LogP contribution in [0.15, 0.2) is 24.3 Å². The van der Waals surface area contributed by atoms with Crippen LogP contribution in [0.3, 0.4) is 0 Å². The fourth-order valence-corrected chi connectivity index (χ4v) is 6.98. The summed E-state index contributed by atoms with van der Waals surface area (Å²) in [5, 5.41) is 12.1. The van der Waals surface area contributed by atoms with E-state index in [-0.39, 0.29) is 17.4 Å². The number of imidazole rings is 1. The summed E-state index contributed by atoms with van der Waals surface area (Å²) in [6, 6.07) is 6.33. The van der Waals surface area contributed by atoms with Crippen molar-refractivity contribution in [2.45, 2.75) is 71.1 Å². The van der Waals surface area contributed by atoms with E-state index in [1.807, 2.05) is 0 Å². The van der Waals surface area contributed by atoms with Gasteiger partial charge in [-0.2, -0.15) is 0 Å². The Labute approximate surface area is 189 Å². The Morgan fingerprint density at radius 3 is 2.41 bits per heavy atom. The molecule has 4 bridgehead atoms. The molecular formula is C26H33N3O3. The van der Waals surface area contributed by atoms with Gasteiger partial charge in [0.2, 0.25) is 0 Å². The number of aryl methyl sites for hydroxylation is 1. The van der Waals surface area contributed by atoms with Crippen LogP contribution in [0, 0.1) is 23.2 Å². The number of carbonyl (C=O) groups is 2. The van der Waals surface area contributed by atoms with Gasteiger partial charge < -0.3 is 15.4 Å². The van der Waals surface area contributed by atoms with Crippen molar-refractivity contribution in [2.75, 3.05) is 5.32 Å². The van der Waals surface area contributed by atoms with E-state index in [0.717, 1.165) is 42.1 Å². The first kappa shape index (κ1) is 21.2. The monoisotopic (exact) mass is 435 g/mol. The number of carboxylic acid groups (broad SMARTS) is 1. The molecule has 0 unspecified atom stereocenters. The van der Waals surface area contributed by atoms with Crippen molar-refractivity contribution in [3.63, 3.8) is 0 Å². The molecule has 6 heteroatoms. The Morgan fingerprint density at radius 2 is 1.81 bits per heavy atom. The number of benzene rings is 1. The highest BCUT2D eigenvalue weighted by molar-refractivity contribution is 6.04. The average Bonchev–Trinajstić information content (AvgIpc) is 3.16. The van der Waals surface area contributed by atoms with Gasteiger partial charge in [0, 0.05) is 17.3 Å². The molecule has 0 saturated heterocycles. The van der Waals surface area contributed by atoms with Crippen molar-refractivity contribution >= 4 is 17.6 Å². The van der Waals surface area contributed by atoms with Gasteiger partial charge in [0.1, 0.15) is 11.5 Å². The Morgan fingerprint density at radius 1 is 1.16 bits per heavy atom. The molecule has 6 nitrogen and oxygen atoms in total. The molecule has 3 N–H and O–H groups in total. The zero-order valence-electron chi connectivity index (χ0n) is 19.0. The van der Waals surface area contributed by atoms with Gasteiger partial charge in [0.15, 0.2) is 0 Å². The van der Waals surface area contributed by atoms with E-state index in [1.165, 1.54) is 50.7 Å². The summed E-state index contributed by atoms with van der Waals surface area (Å²) < 4.78 is 0. The molecule has 0 aliphatic heterocycles. The maximum absolute atomic E-state index is 13.1. The van der Waals surface area contributed by atoms with Crippen molar-refractivity contribution in [1.82, 2.24) is 9.97 Å². The van der Waals surface area contributed by atoms with Crippen LogP contribution in [0.25, 0.3) is 0 Å². The zero-order valence-corrected chi connectivity index (χ0v) is 19.0. The van der Waals surface area contributed by atoms with Crippen molar-refractivity contribution in [3.8, 4) is 0 Å². The normalized spacial score (nSPS) is 28.3. The Bertz CT molecular complexity index is 1000. The number of amides is 1. The minimum Gasteiger partial charge on any atom is -0.478 e. The second kappa shape index (κ2) is 8.05. The summed E-state index contributed by atoms with van der Waals surface area (Å²) in [4.78, 5) is 32.5. The number of hydrogen-bond acceptors (Lipinski definition) is 3. The van der Waals surface area contributed by atoms with E-state index < -0.39 is 5.97 Å². The maximum atomic E-state index is 13.1. The summed E-state index contributed by atoms with van der Waals surface area (Å²) in [5.41, 5.74) is 2.42. The van der Waals surface area contributed by atoms with Gasteiger partial charge in [-0.15, -0.1) is 0 Å². The van der Waals surface area contributed by atoms with Crippen LogP contribution in [0.1, 0.15) is 97.1 Å². The van der Waals surface area contributed by atoms with Gasteiger partial charge in [-0.25, -0.2) is 9.78 Å². The van der Waals surface area contributed by atoms with E-state index in [1.54, 1.807) is 12.1 Å². The molecule has 0 radical (unpaired) electrons.